The summed E-state index contributed by atoms with van der Waals surface area (Å²) < 4.78 is 13.3. The molecule has 172 valence electrons. The maximum atomic E-state index is 10.5. The molecule has 0 radical (unpaired) electrons. The zero-order chi connectivity index (χ0) is 21.9. The first-order valence-corrected chi connectivity index (χ1v) is 11.6. The van der Waals surface area contributed by atoms with Crippen molar-refractivity contribution in [3.05, 3.63) is 41.7 Å². The first-order valence-electron chi connectivity index (χ1n) is 11.6. The molecule has 1 aromatic carbocycles. The average Bonchev–Trinajstić information content (AvgIpc) is 3.22. The molecule has 0 aliphatic carbocycles. The highest BCUT2D eigenvalue weighted by Gasteiger charge is 2.15. The van der Waals surface area contributed by atoms with Crippen LogP contribution in [0.1, 0.15) is 50.2 Å². The first kappa shape index (κ1) is 23.6. The van der Waals surface area contributed by atoms with Crippen molar-refractivity contribution < 1.29 is 14.6 Å². The van der Waals surface area contributed by atoms with Crippen LogP contribution in [0.15, 0.2) is 30.6 Å². The molecule has 1 aliphatic rings. The van der Waals surface area contributed by atoms with Gasteiger partial charge in [-0.05, 0) is 50.6 Å². The van der Waals surface area contributed by atoms with Crippen molar-refractivity contribution in [3.8, 4) is 11.5 Å². The minimum atomic E-state index is -0.505. The second-order valence-corrected chi connectivity index (χ2v) is 8.33. The van der Waals surface area contributed by atoms with Crippen LogP contribution in [0.3, 0.4) is 0 Å². The number of nitrogens with zero attached hydrogens (tertiary/aromatic N) is 3. The number of ether oxygens (including phenoxy) is 2. The second-order valence-electron chi connectivity index (χ2n) is 8.33. The van der Waals surface area contributed by atoms with Crippen molar-refractivity contribution in [3.63, 3.8) is 0 Å². The third kappa shape index (κ3) is 7.83. The highest BCUT2D eigenvalue weighted by molar-refractivity contribution is 5.43. The number of β-amino-alcohol motifs (C(OH)–C–C–N with tert-alkyl or cyclic N) is 1. The molecule has 0 bridgehead atoms. The molecule has 7 heteroatoms. The summed E-state index contributed by atoms with van der Waals surface area (Å²) in [6.07, 6.45) is 9.82. The molecule has 1 atom stereocenters. The summed E-state index contributed by atoms with van der Waals surface area (Å²) in [5.41, 5.74) is 2.29. The van der Waals surface area contributed by atoms with Gasteiger partial charge in [-0.3, -0.25) is 4.68 Å². The van der Waals surface area contributed by atoms with Crippen LogP contribution in [0.4, 0.5) is 0 Å². The Morgan fingerprint density at radius 3 is 2.52 bits per heavy atom. The van der Waals surface area contributed by atoms with Gasteiger partial charge in [0.2, 0.25) is 0 Å². The summed E-state index contributed by atoms with van der Waals surface area (Å²) in [5.74, 6) is 1.36. The molecule has 0 spiro atoms. The fraction of sp³-hybridized carbons (Fsp3) is 0.625. The Hall–Kier alpha value is -2.09. The first-order chi connectivity index (χ1) is 15.2. The van der Waals surface area contributed by atoms with E-state index in [0.29, 0.717) is 18.0 Å². The lowest BCUT2D eigenvalue weighted by Crippen LogP contribution is -2.37. The summed E-state index contributed by atoms with van der Waals surface area (Å²) in [5, 5.41) is 18.2. The molecule has 0 amide bonds. The van der Waals surface area contributed by atoms with Crippen molar-refractivity contribution in [2.75, 3.05) is 33.4 Å². The van der Waals surface area contributed by atoms with Gasteiger partial charge in [-0.1, -0.05) is 25.3 Å². The number of aryl methyl sites for hydroxylation is 1. The number of aliphatic hydroxyl groups is 1. The van der Waals surface area contributed by atoms with Crippen LogP contribution in [0.2, 0.25) is 0 Å². The molecule has 2 heterocycles. The van der Waals surface area contributed by atoms with Crippen LogP contribution < -0.4 is 14.8 Å². The molecule has 1 aromatic heterocycles. The quantitative estimate of drug-likeness (QED) is 0.570. The van der Waals surface area contributed by atoms with Gasteiger partial charge in [0.25, 0.3) is 0 Å². The summed E-state index contributed by atoms with van der Waals surface area (Å²) in [6, 6.07) is 5.95. The van der Waals surface area contributed by atoms with E-state index >= 15 is 0 Å². The van der Waals surface area contributed by atoms with Crippen molar-refractivity contribution in [2.24, 2.45) is 0 Å². The van der Waals surface area contributed by atoms with E-state index < -0.39 is 6.10 Å². The van der Waals surface area contributed by atoms with E-state index in [0.717, 1.165) is 38.3 Å². The molecular formula is C24H38N4O3. The molecular weight excluding hydrogens is 392 g/mol. The third-order valence-corrected chi connectivity index (χ3v) is 5.75. The van der Waals surface area contributed by atoms with Crippen LogP contribution in [0, 0.1) is 0 Å². The van der Waals surface area contributed by atoms with E-state index in [1.165, 1.54) is 37.7 Å². The van der Waals surface area contributed by atoms with Gasteiger partial charge in [0.1, 0.15) is 12.7 Å². The topological polar surface area (TPSA) is 71.8 Å². The van der Waals surface area contributed by atoms with Crippen molar-refractivity contribution in [1.82, 2.24) is 20.0 Å². The van der Waals surface area contributed by atoms with Crippen molar-refractivity contribution >= 4 is 0 Å². The number of aliphatic hydroxyl groups excluding tert-OH is 1. The number of hydrogen-bond acceptors (Lipinski definition) is 6. The lowest BCUT2D eigenvalue weighted by molar-refractivity contribution is 0.0645. The Balaban J connectivity index is 1.45. The Kier molecular flexibility index (Phi) is 9.65. The largest absolute Gasteiger partial charge is 0.493 e. The Labute approximate surface area is 186 Å². The Morgan fingerprint density at radius 1 is 1.06 bits per heavy atom. The molecule has 1 aliphatic heterocycles. The Morgan fingerprint density at radius 2 is 1.81 bits per heavy atom. The summed E-state index contributed by atoms with van der Waals surface area (Å²) in [7, 11) is 1.65. The van der Waals surface area contributed by atoms with Crippen LogP contribution in [0.25, 0.3) is 0 Å². The third-order valence-electron chi connectivity index (χ3n) is 5.75. The lowest BCUT2D eigenvalue weighted by Gasteiger charge is -2.26. The van der Waals surface area contributed by atoms with Crippen LogP contribution in [-0.2, 0) is 19.6 Å². The van der Waals surface area contributed by atoms with Gasteiger partial charge in [-0.25, -0.2) is 0 Å². The molecule has 0 saturated carbocycles. The van der Waals surface area contributed by atoms with Gasteiger partial charge in [0.05, 0.1) is 13.3 Å². The second kappa shape index (κ2) is 12.7. The zero-order valence-electron chi connectivity index (χ0n) is 19.1. The van der Waals surface area contributed by atoms with Crippen LogP contribution in [0.5, 0.6) is 11.5 Å². The average molecular weight is 431 g/mol. The highest BCUT2D eigenvalue weighted by Crippen LogP contribution is 2.28. The smallest absolute Gasteiger partial charge is 0.161 e. The maximum absolute atomic E-state index is 10.5. The van der Waals surface area contributed by atoms with Crippen molar-refractivity contribution in [2.45, 2.75) is 64.8 Å². The number of rotatable bonds is 11. The van der Waals surface area contributed by atoms with E-state index in [1.54, 1.807) is 7.11 Å². The number of nitrogens with one attached hydrogen (secondary N) is 1. The molecule has 3 rings (SSSR count). The van der Waals surface area contributed by atoms with E-state index in [-0.39, 0.29) is 6.61 Å². The predicted octanol–water partition coefficient (Wildman–Crippen LogP) is 3.21. The van der Waals surface area contributed by atoms with Gasteiger partial charge >= 0.3 is 0 Å². The van der Waals surface area contributed by atoms with Gasteiger partial charge in [0.15, 0.2) is 11.5 Å². The molecule has 1 saturated heterocycles. The zero-order valence-corrected chi connectivity index (χ0v) is 19.1. The maximum Gasteiger partial charge on any atom is 0.161 e. The van der Waals surface area contributed by atoms with E-state index in [2.05, 4.69) is 28.4 Å². The minimum Gasteiger partial charge on any atom is -0.493 e. The SMILES string of the molecule is CCn1cc(CNCc2ccc(OC[C@@H](O)CN3CCCCCCC3)c(OC)c2)cn1. The monoisotopic (exact) mass is 430 g/mol. The van der Waals surface area contributed by atoms with Crippen molar-refractivity contribution in [1.29, 1.82) is 0 Å². The lowest BCUT2D eigenvalue weighted by atomic mass is 10.1. The van der Waals surface area contributed by atoms with Gasteiger partial charge in [0, 0.05) is 37.9 Å². The summed E-state index contributed by atoms with van der Waals surface area (Å²) >= 11 is 0. The number of likely N-dealkylation sites (tertiary alicyclic amines) is 1. The van der Waals surface area contributed by atoms with Gasteiger partial charge in [-0.15, -0.1) is 0 Å². The summed E-state index contributed by atoms with van der Waals surface area (Å²) in [6.45, 7) is 7.53. The molecule has 31 heavy (non-hydrogen) atoms. The van der Waals surface area contributed by atoms with Gasteiger partial charge < -0.3 is 24.8 Å². The number of methoxy groups -OCH3 is 1. The Bertz CT molecular complexity index is 772. The number of hydrogen-bond donors (Lipinski definition) is 2. The van der Waals surface area contributed by atoms with Crippen LogP contribution >= 0.6 is 0 Å². The van der Waals surface area contributed by atoms with Crippen LogP contribution in [-0.4, -0.2) is 59.2 Å². The van der Waals surface area contributed by atoms with Gasteiger partial charge in [-0.2, -0.15) is 5.10 Å². The predicted molar refractivity (Wildman–Crippen MR) is 122 cm³/mol. The molecule has 2 N–H and O–H groups in total. The minimum absolute atomic E-state index is 0.270. The fourth-order valence-corrected chi connectivity index (χ4v) is 4.00. The number of benzene rings is 1. The highest BCUT2D eigenvalue weighted by atomic mass is 16.5. The molecule has 1 fully saturated rings. The van der Waals surface area contributed by atoms with E-state index in [1.807, 2.05) is 29.1 Å². The fourth-order valence-electron chi connectivity index (χ4n) is 4.00. The number of aromatic nitrogens is 2. The van der Waals surface area contributed by atoms with E-state index in [9.17, 15) is 5.11 Å². The summed E-state index contributed by atoms with van der Waals surface area (Å²) in [4.78, 5) is 2.36. The van der Waals surface area contributed by atoms with E-state index in [4.69, 9.17) is 9.47 Å². The standard InChI is InChI=1S/C24H38N4O3/c1-3-28-17-21(16-26-28)15-25-14-20-9-10-23(24(13-20)30-2)31-19-22(29)18-27-11-7-5-4-6-8-12-27/h9-10,13,16-17,22,25,29H,3-8,11-12,14-15,18-19H2,1-2H3/t22-/m0/s1. The normalized spacial score (nSPS) is 16.5. The molecule has 7 nitrogen and oxygen atoms in total. The molecule has 0 unspecified atom stereocenters. The molecule has 2 aromatic rings.